The first-order chi connectivity index (χ1) is 21.0. The number of unbranched alkanes of at least 4 members (excludes halogenated alkanes) is 4. The van der Waals surface area contributed by atoms with Crippen molar-refractivity contribution < 1.29 is 24.2 Å². The van der Waals surface area contributed by atoms with Gasteiger partial charge in [-0.1, -0.05) is 69.0 Å². The summed E-state index contributed by atoms with van der Waals surface area (Å²) >= 11 is 0. The lowest BCUT2D eigenvalue weighted by molar-refractivity contribution is -0.141. The van der Waals surface area contributed by atoms with E-state index in [2.05, 4.69) is 16.9 Å². The topological polar surface area (TPSA) is 98.6 Å². The van der Waals surface area contributed by atoms with Crippen molar-refractivity contribution in [3.8, 4) is 34.0 Å². The summed E-state index contributed by atoms with van der Waals surface area (Å²) in [6.07, 6.45) is 9.82. The van der Waals surface area contributed by atoms with Gasteiger partial charge in [0.1, 0.15) is 11.5 Å². The predicted octanol–water partition coefficient (Wildman–Crippen LogP) is 8.07. The smallest absolute Gasteiger partial charge is 0.307 e. The Labute approximate surface area is 253 Å². The molecule has 0 amide bonds. The van der Waals surface area contributed by atoms with Gasteiger partial charge in [-0.05, 0) is 67.3 Å². The number of carbonyl (C=O) groups excluding carboxylic acids is 1. The van der Waals surface area contributed by atoms with Gasteiger partial charge in [0.2, 0.25) is 0 Å². The van der Waals surface area contributed by atoms with Crippen LogP contribution in [0.4, 0.5) is 0 Å². The van der Waals surface area contributed by atoms with E-state index in [1.165, 1.54) is 25.7 Å². The van der Waals surface area contributed by atoms with E-state index in [0.29, 0.717) is 23.7 Å². The fourth-order valence-corrected chi connectivity index (χ4v) is 4.83. The average molecular weight is 581 g/mol. The van der Waals surface area contributed by atoms with Crippen molar-refractivity contribution in [2.24, 2.45) is 5.92 Å². The van der Waals surface area contributed by atoms with E-state index < -0.39 is 11.9 Å². The Morgan fingerprint density at radius 1 is 0.721 bits per heavy atom. The van der Waals surface area contributed by atoms with Crippen LogP contribution in [0.15, 0.2) is 85.2 Å². The van der Waals surface area contributed by atoms with Crippen LogP contribution in [0, 0.1) is 5.92 Å². The number of Topliss-reactive ketones (excluding diaryl/α,β-unsaturated/α-hetero) is 1. The second-order valence-electron chi connectivity index (χ2n) is 10.6. The van der Waals surface area contributed by atoms with E-state index in [-0.39, 0.29) is 18.6 Å². The van der Waals surface area contributed by atoms with Crippen LogP contribution in [0.3, 0.4) is 0 Å². The van der Waals surface area contributed by atoms with E-state index in [0.717, 1.165) is 41.0 Å². The molecule has 4 aromatic rings. The Bertz CT molecular complexity index is 1430. The highest BCUT2D eigenvalue weighted by molar-refractivity contribution is 5.98. The molecule has 7 nitrogen and oxygen atoms in total. The maximum Gasteiger partial charge on any atom is 0.307 e. The van der Waals surface area contributed by atoms with E-state index in [1.807, 2.05) is 55.5 Å². The fraction of sp³-hybridized carbons (Fsp3) is 0.333. The molecule has 1 atom stereocenters. The third-order valence-corrected chi connectivity index (χ3v) is 7.32. The summed E-state index contributed by atoms with van der Waals surface area (Å²) in [5, 5.41) is 9.79. The molecule has 0 aliphatic rings. The number of aliphatic carboxylic acids is 1. The molecule has 0 spiro atoms. The number of carboxylic acid groups (broad SMARTS) is 1. The first-order valence-electron chi connectivity index (χ1n) is 15.1. The molecule has 0 saturated heterocycles. The molecule has 0 unspecified atom stereocenters. The molecule has 4 rings (SSSR count). The van der Waals surface area contributed by atoms with Gasteiger partial charge in [-0.3, -0.25) is 9.59 Å². The minimum absolute atomic E-state index is 0.0816. The standard InChI is InChI=1S/C36H40N2O5/c1-3-5-6-7-8-21-43-33-17-13-27(14-18-33)31-24-37-35(38-25-31)29-11-9-26(10-12-29)22-30(36(40)41)23-34(39)28-15-19-32(20-16-28)42-4-2/h9-20,24-25,30H,3-8,21-23H2,1-2H3,(H,40,41)/t30-/m1/s1. The highest BCUT2D eigenvalue weighted by Gasteiger charge is 2.22. The molecule has 1 N–H and O–H groups in total. The van der Waals surface area contributed by atoms with Crippen molar-refractivity contribution in [1.82, 2.24) is 9.97 Å². The number of benzene rings is 3. The van der Waals surface area contributed by atoms with Gasteiger partial charge in [-0.25, -0.2) is 9.97 Å². The van der Waals surface area contributed by atoms with Gasteiger partial charge in [0, 0.05) is 35.5 Å². The molecule has 0 aliphatic carbocycles. The SMILES string of the molecule is CCCCCCCOc1ccc(-c2cnc(-c3ccc(C[C@H](CC(=O)c4ccc(OCC)cc4)C(=O)O)cc3)nc2)cc1. The fourth-order valence-electron chi connectivity index (χ4n) is 4.83. The highest BCUT2D eigenvalue weighted by Crippen LogP contribution is 2.25. The normalized spacial score (nSPS) is 11.6. The van der Waals surface area contributed by atoms with Crippen molar-refractivity contribution >= 4 is 11.8 Å². The monoisotopic (exact) mass is 580 g/mol. The maximum atomic E-state index is 12.8. The lowest BCUT2D eigenvalue weighted by Gasteiger charge is -2.13. The predicted molar refractivity (Wildman–Crippen MR) is 169 cm³/mol. The number of hydrogen-bond acceptors (Lipinski definition) is 6. The molecule has 1 aromatic heterocycles. The number of aromatic nitrogens is 2. The van der Waals surface area contributed by atoms with Crippen molar-refractivity contribution in [3.63, 3.8) is 0 Å². The van der Waals surface area contributed by atoms with Gasteiger partial charge in [0.25, 0.3) is 0 Å². The quantitative estimate of drug-likeness (QED) is 0.0996. The van der Waals surface area contributed by atoms with Crippen LogP contribution in [0.1, 0.15) is 68.3 Å². The van der Waals surface area contributed by atoms with Crippen molar-refractivity contribution in [1.29, 1.82) is 0 Å². The molecule has 0 saturated carbocycles. The van der Waals surface area contributed by atoms with Crippen molar-refractivity contribution in [3.05, 3.63) is 96.3 Å². The third kappa shape index (κ3) is 9.50. The molecule has 43 heavy (non-hydrogen) atoms. The summed E-state index contributed by atoms with van der Waals surface area (Å²) in [6.45, 7) is 5.38. The van der Waals surface area contributed by atoms with Gasteiger partial charge < -0.3 is 14.6 Å². The molecular formula is C36H40N2O5. The summed E-state index contributed by atoms with van der Waals surface area (Å²) in [7, 11) is 0. The van der Waals surface area contributed by atoms with Gasteiger partial charge >= 0.3 is 5.97 Å². The van der Waals surface area contributed by atoms with Gasteiger partial charge in [0.15, 0.2) is 11.6 Å². The van der Waals surface area contributed by atoms with E-state index in [9.17, 15) is 14.7 Å². The zero-order valence-electron chi connectivity index (χ0n) is 25.0. The molecule has 3 aromatic carbocycles. The molecule has 0 bridgehead atoms. The number of carbonyl (C=O) groups is 2. The van der Waals surface area contributed by atoms with E-state index in [1.54, 1.807) is 36.7 Å². The number of hydrogen-bond donors (Lipinski definition) is 1. The summed E-state index contributed by atoms with van der Waals surface area (Å²) < 4.78 is 11.3. The second kappa shape index (κ2) is 16.2. The minimum Gasteiger partial charge on any atom is -0.494 e. The molecule has 1 heterocycles. The Morgan fingerprint density at radius 3 is 1.95 bits per heavy atom. The third-order valence-electron chi connectivity index (χ3n) is 7.32. The van der Waals surface area contributed by atoms with Crippen molar-refractivity contribution in [2.45, 2.75) is 58.8 Å². The van der Waals surface area contributed by atoms with Crippen LogP contribution in [-0.4, -0.2) is 40.0 Å². The molecular weight excluding hydrogens is 540 g/mol. The zero-order valence-corrected chi connectivity index (χ0v) is 25.0. The number of carboxylic acids is 1. The molecule has 0 aliphatic heterocycles. The van der Waals surface area contributed by atoms with E-state index in [4.69, 9.17) is 9.47 Å². The van der Waals surface area contributed by atoms with Crippen LogP contribution < -0.4 is 9.47 Å². The van der Waals surface area contributed by atoms with Crippen LogP contribution in [-0.2, 0) is 11.2 Å². The average Bonchev–Trinajstić information content (AvgIpc) is 3.03. The second-order valence-corrected chi connectivity index (χ2v) is 10.6. The van der Waals surface area contributed by atoms with Gasteiger partial charge in [-0.2, -0.15) is 0 Å². The Hall–Kier alpha value is -4.52. The van der Waals surface area contributed by atoms with Crippen LogP contribution >= 0.6 is 0 Å². The number of ether oxygens (including phenoxy) is 2. The minimum atomic E-state index is -0.996. The summed E-state index contributed by atoms with van der Waals surface area (Å²) in [5.41, 5.74) is 4.05. The first-order valence-corrected chi connectivity index (χ1v) is 15.1. The summed E-state index contributed by atoms with van der Waals surface area (Å²) in [4.78, 5) is 33.8. The molecule has 0 fully saturated rings. The number of rotatable bonds is 17. The lowest BCUT2D eigenvalue weighted by Crippen LogP contribution is -2.20. The lowest BCUT2D eigenvalue weighted by atomic mass is 9.92. The Balaban J connectivity index is 1.31. The van der Waals surface area contributed by atoms with Crippen LogP contribution in [0.25, 0.3) is 22.5 Å². The molecule has 224 valence electrons. The van der Waals surface area contributed by atoms with Crippen LogP contribution in [0.2, 0.25) is 0 Å². The largest absolute Gasteiger partial charge is 0.494 e. The van der Waals surface area contributed by atoms with E-state index >= 15 is 0 Å². The first kappa shape index (κ1) is 31.4. The highest BCUT2D eigenvalue weighted by atomic mass is 16.5. The van der Waals surface area contributed by atoms with Gasteiger partial charge in [0.05, 0.1) is 19.1 Å². The maximum absolute atomic E-state index is 12.8. The summed E-state index contributed by atoms with van der Waals surface area (Å²) in [5.74, 6) is 0.0876. The number of ketones is 1. The van der Waals surface area contributed by atoms with Gasteiger partial charge in [-0.15, -0.1) is 0 Å². The van der Waals surface area contributed by atoms with Crippen LogP contribution in [0.5, 0.6) is 11.5 Å². The Kier molecular flexibility index (Phi) is 11.8. The molecule has 0 radical (unpaired) electrons. The Morgan fingerprint density at radius 2 is 1.33 bits per heavy atom. The summed E-state index contributed by atoms with van der Waals surface area (Å²) in [6, 6.07) is 22.3. The zero-order chi connectivity index (χ0) is 30.4. The van der Waals surface area contributed by atoms with Crippen molar-refractivity contribution in [2.75, 3.05) is 13.2 Å². The molecule has 7 heteroatoms. The number of nitrogens with zero attached hydrogens (tertiary/aromatic N) is 2.